The van der Waals surface area contributed by atoms with Crippen LogP contribution >= 0.6 is 0 Å². The van der Waals surface area contributed by atoms with E-state index >= 15 is 0 Å². The Balaban J connectivity index is 2.10. The van der Waals surface area contributed by atoms with E-state index in [1.165, 1.54) is 29.2 Å². The molecule has 0 fully saturated rings. The third-order valence-corrected chi connectivity index (χ3v) is 4.54. The highest BCUT2D eigenvalue weighted by Crippen LogP contribution is 2.13. The number of carbonyl (C=O) groups excluding carboxylic acids is 2. The van der Waals surface area contributed by atoms with Crippen LogP contribution in [-0.4, -0.2) is 35.4 Å². The standard InChI is InChI=1S/C22H27FN2O3/c1-4-16(2)24-22(27)17(3)25(14-18-8-6-5-7-9-18)21(26)15-28-20-12-10-19(23)11-13-20/h5-13,16-17H,4,14-15H2,1-3H3,(H,24,27)/t16-,17-/m0/s1. The van der Waals surface area contributed by atoms with E-state index in [9.17, 15) is 14.0 Å². The lowest BCUT2D eigenvalue weighted by Gasteiger charge is -2.29. The van der Waals surface area contributed by atoms with Gasteiger partial charge in [-0.15, -0.1) is 0 Å². The summed E-state index contributed by atoms with van der Waals surface area (Å²) in [5, 5.41) is 2.92. The molecule has 2 amide bonds. The maximum atomic E-state index is 13.0. The molecule has 2 rings (SSSR count). The zero-order valence-electron chi connectivity index (χ0n) is 16.5. The lowest BCUT2D eigenvalue weighted by atomic mass is 10.1. The summed E-state index contributed by atoms with van der Waals surface area (Å²) in [5.74, 6) is -0.508. The average Bonchev–Trinajstić information content (AvgIpc) is 2.71. The van der Waals surface area contributed by atoms with Crippen LogP contribution < -0.4 is 10.1 Å². The predicted octanol–water partition coefficient (Wildman–Crippen LogP) is 3.54. The largest absolute Gasteiger partial charge is 0.484 e. The highest BCUT2D eigenvalue weighted by molar-refractivity contribution is 5.88. The molecule has 0 saturated heterocycles. The van der Waals surface area contributed by atoms with E-state index in [1.807, 2.05) is 44.2 Å². The molecule has 0 spiro atoms. The Morgan fingerprint density at radius 2 is 1.71 bits per heavy atom. The van der Waals surface area contributed by atoms with Crippen molar-refractivity contribution in [3.05, 3.63) is 66.0 Å². The number of benzene rings is 2. The summed E-state index contributed by atoms with van der Waals surface area (Å²) < 4.78 is 18.5. The number of amides is 2. The Labute approximate surface area is 165 Å². The summed E-state index contributed by atoms with van der Waals surface area (Å²) in [6.45, 7) is 5.67. The summed E-state index contributed by atoms with van der Waals surface area (Å²) in [7, 11) is 0. The number of hydrogen-bond donors (Lipinski definition) is 1. The lowest BCUT2D eigenvalue weighted by Crippen LogP contribution is -2.50. The molecule has 0 saturated carbocycles. The molecule has 1 N–H and O–H groups in total. The van der Waals surface area contributed by atoms with E-state index in [0.29, 0.717) is 12.3 Å². The van der Waals surface area contributed by atoms with Gasteiger partial charge in [0.2, 0.25) is 5.91 Å². The van der Waals surface area contributed by atoms with Crippen LogP contribution in [0.5, 0.6) is 5.75 Å². The zero-order valence-corrected chi connectivity index (χ0v) is 16.5. The molecule has 0 bridgehead atoms. The van der Waals surface area contributed by atoms with E-state index in [4.69, 9.17) is 4.74 Å². The molecular formula is C22H27FN2O3. The minimum absolute atomic E-state index is 0.0269. The van der Waals surface area contributed by atoms with Crippen LogP contribution in [0.1, 0.15) is 32.8 Å². The summed E-state index contributed by atoms with van der Waals surface area (Å²) in [4.78, 5) is 26.9. The third kappa shape index (κ3) is 6.37. The fourth-order valence-corrected chi connectivity index (χ4v) is 2.59. The molecule has 0 radical (unpaired) electrons. The van der Waals surface area contributed by atoms with Gasteiger partial charge in [0, 0.05) is 12.6 Å². The minimum atomic E-state index is -0.654. The summed E-state index contributed by atoms with van der Waals surface area (Å²) in [5.41, 5.74) is 0.917. The van der Waals surface area contributed by atoms with Crippen molar-refractivity contribution in [2.24, 2.45) is 0 Å². The van der Waals surface area contributed by atoms with Crippen molar-refractivity contribution in [3.63, 3.8) is 0 Å². The number of carbonyl (C=O) groups is 2. The molecule has 0 aliphatic rings. The number of nitrogens with one attached hydrogen (secondary N) is 1. The molecule has 5 nitrogen and oxygen atoms in total. The van der Waals surface area contributed by atoms with Crippen LogP contribution in [-0.2, 0) is 16.1 Å². The number of halogens is 1. The first-order valence-corrected chi connectivity index (χ1v) is 9.42. The van der Waals surface area contributed by atoms with Crippen LogP contribution in [0.3, 0.4) is 0 Å². The maximum Gasteiger partial charge on any atom is 0.261 e. The van der Waals surface area contributed by atoms with E-state index in [0.717, 1.165) is 12.0 Å². The van der Waals surface area contributed by atoms with Crippen LogP contribution in [0, 0.1) is 5.82 Å². The fraction of sp³-hybridized carbons (Fsp3) is 0.364. The highest BCUT2D eigenvalue weighted by atomic mass is 19.1. The van der Waals surface area contributed by atoms with Gasteiger partial charge in [-0.05, 0) is 50.1 Å². The van der Waals surface area contributed by atoms with Crippen LogP contribution in [0.2, 0.25) is 0 Å². The van der Waals surface area contributed by atoms with Gasteiger partial charge < -0.3 is 15.0 Å². The molecule has 0 aromatic heterocycles. The van der Waals surface area contributed by atoms with Gasteiger partial charge >= 0.3 is 0 Å². The molecular weight excluding hydrogens is 359 g/mol. The molecule has 2 aromatic carbocycles. The minimum Gasteiger partial charge on any atom is -0.484 e. The molecule has 0 unspecified atom stereocenters. The second-order valence-corrected chi connectivity index (χ2v) is 6.74. The first kappa shape index (κ1) is 21.4. The first-order valence-electron chi connectivity index (χ1n) is 9.42. The Morgan fingerprint density at radius 3 is 2.32 bits per heavy atom. The number of ether oxygens (including phenoxy) is 1. The highest BCUT2D eigenvalue weighted by Gasteiger charge is 2.27. The van der Waals surface area contributed by atoms with Crippen LogP contribution in [0.25, 0.3) is 0 Å². The van der Waals surface area contributed by atoms with Crippen molar-refractivity contribution < 1.29 is 18.7 Å². The second-order valence-electron chi connectivity index (χ2n) is 6.74. The zero-order chi connectivity index (χ0) is 20.5. The Hall–Kier alpha value is -2.89. The Bertz CT molecular complexity index is 765. The van der Waals surface area contributed by atoms with Crippen LogP contribution in [0.4, 0.5) is 4.39 Å². The number of hydrogen-bond acceptors (Lipinski definition) is 3. The Morgan fingerprint density at radius 1 is 1.07 bits per heavy atom. The van der Waals surface area contributed by atoms with Gasteiger partial charge in [0.05, 0.1) is 0 Å². The van der Waals surface area contributed by atoms with E-state index in [-0.39, 0.29) is 30.3 Å². The summed E-state index contributed by atoms with van der Waals surface area (Å²) >= 11 is 0. The fourth-order valence-electron chi connectivity index (χ4n) is 2.59. The topological polar surface area (TPSA) is 58.6 Å². The van der Waals surface area contributed by atoms with Crippen LogP contribution in [0.15, 0.2) is 54.6 Å². The molecule has 0 aliphatic carbocycles. The van der Waals surface area contributed by atoms with Crippen molar-refractivity contribution in [3.8, 4) is 5.75 Å². The normalized spacial score (nSPS) is 12.7. The maximum absolute atomic E-state index is 13.0. The van der Waals surface area contributed by atoms with Crippen molar-refractivity contribution >= 4 is 11.8 Å². The molecule has 0 heterocycles. The van der Waals surface area contributed by atoms with Crippen molar-refractivity contribution in [1.29, 1.82) is 0 Å². The van der Waals surface area contributed by atoms with Gasteiger partial charge in [-0.25, -0.2) is 4.39 Å². The molecule has 28 heavy (non-hydrogen) atoms. The number of rotatable bonds is 9. The molecule has 6 heteroatoms. The Kier molecular flexibility index (Phi) is 7.99. The molecule has 2 aromatic rings. The predicted molar refractivity (Wildman–Crippen MR) is 106 cm³/mol. The first-order chi connectivity index (χ1) is 13.4. The van der Waals surface area contributed by atoms with Crippen molar-refractivity contribution in [2.45, 2.75) is 45.8 Å². The number of nitrogens with zero attached hydrogens (tertiary/aromatic N) is 1. The van der Waals surface area contributed by atoms with Gasteiger partial charge in [-0.2, -0.15) is 0 Å². The van der Waals surface area contributed by atoms with E-state index < -0.39 is 6.04 Å². The van der Waals surface area contributed by atoms with E-state index in [1.54, 1.807) is 6.92 Å². The van der Waals surface area contributed by atoms with Crippen molar-refractivity contribution in [2.75, 3.05) is 6.61 Å². The van der Waals surface area contributed by atoms with Crippen molar-refractivity contribution in [1.82, 2.24) is 10.2 Å². The van der Waals surface area contributed by atoms with Gasteiger partial charge in [-0.1, -0.05) is 37.3 Å². The summed E-state index contributed by atoms with van der Waals surface area (Å²) in [6.07, 6.45) is 0.804. The molecule has 0 aliphatic heterocycles. The molecule has 150 valence electrons. The van der Waals surface area contributed by atoms with E-state index in [2.05, 4.69) is 5.32 Å². The monoisotopic (exact) mass is 386 g/mol. The van der Waals surface area contributed by atoms with Gasteiger partial charge in [0.1, 0.15) is 17.6 Å². The third-order valence-electron chi connectivity index (χ3n) is 4.54. The van der Waals surface area contributed by atoms with Gasteiger partial charge in [-0.3, -0.25) is 9.59 Å². The second kappa shape index (κ2) is 10.4. The van der Waals surface area contributed by atoms with Gasteiger partial charge in [0.25, 0.3) is 5.91 Å². The summed E-state index contributed by atoms with van der Waals surface area (Å²) in [6, 6.07) is 14.3. The lowest BCUT2D eigenvalue weighted by molar-refractivity contribution is -0.142. The smallest absolute Gasteiger partial charge is 0.261 e. The quantitative estimate of drug-likeness (QED) is 0.717. The van der Waals surface area contributed by atoms with Gasteiger partial charge in [0.15, 0.2) is 6.61 Å². The SMILES string of the molecule is CC[C@H](C)NC(=O)[C@H](C)N(Cc1ccccc1)C(=O)COc1ccc(F)cc1. The molecule has 2 atom stereocenters. The average molecular weight is 386 g/mol.